The normalized spacial score (nSPS) is 13.3. The average Bonchev–Trinajstić information content (AvgIpc) is 3.29. The number of rotatable bonds is 7. The average molecular weight is 270 g/mol. The standard InChI is InChI=1S/C14H18N6/c1-2-7-17-12-10-13(20(8-5-15)9-6-16)19-14(18-12)11-3-4-11/h10-11H,2-4,7-9H2,1H3,(H,17,18,19). The van der Waals surface area contributed by atoms with Crippen LogP contribution >= 0.6 is 0 Å². The Morgan fingerprint density at radius 1 is 1.30 bits per heavy atom. The van der Waals surface area contributed by atoms with Crippen LogP contribution < -0.4 is 10.2 Å². The van der Waals surface area contributed by atoms with Crippen molar-refractivity contribution in [3.8, 4) is 12.1 Å². The number of hydrogen-bond acceptors (Lipinski definition) is 6. The molecule has 20 heavy (non-hydrogen) atoms. The molecule has 1 aromatic heterocycles. The van der Waals surface area contributed by atoms with Gasteiger partial charge in [-0.25, -0.2) is 9.97 Å². The summed E-state index contributed by atoms with van der Waals surface area (Å²) < 4.78 is 0. The van der Waals surface area contributed by atoms with E-state index in [0.717, 1.165) is 37.4 Å². The second-order valence-corrected chi connectivity index (χ2v) is 4.84. The Kier molecular flexibility index (Phi) is 4.73. The fraction of sp³-hybridized carbons (Fsp3) is 0.571. The molecule has 0 unspecified atom stereocenters. The van der Waals surface area contributed by atoms with Crippen molar-refractivity contribution in [1.29, 1.82) is 10.5 Å². The minimum absolute atomic E-state index is 0.155. The highest BCUT2D eigenvalue weighted by molar-refractivity contribution is 5.51. The molecule has 6 nitrogen and oxygen atoms in total. The first-order valence-corrected chi connectivity index (χ1v) is 6.90. The van der Waals surface area contributed by atoms with Crippen LogP contribution in [-0.4, -0.2) is 29.6 Å². The van der Waals surface area contributed by atoms with Gasteiger partial charge in [-0.2, -0.15) is 10.5 Å². The third-order valence-corrected chi connectivity index (χ3v) is 3.08. The lowest BCUT2D eigenvalue weighted by molar-refractivity contribution is 0.866. The maximum Gasteiger partial charge on any atom is 0.136 e. The zero-order valence-corrected chi connectivity index (χ0v) is 11.6. The molecule has 2 rings (SSSR count). The second kappa shape index (κ2) is 6.72. The Labute approximate surface area is 119 Å². The van der Waals surface area contributed by atoms with Crippen LogP contribution in [0, 0.1) is 22.7 Å². The second-order valence-electron chi connectivity index (χ2n) is 4.84. The van der Waals surface area contributed by atoms with Crippen LogP contribution in [0.2, 0.25) is 0 Å². The smallest absolute Gasteiger partial charge is 0.136 e. The van der Waals surface area contributed by atoms with Crippen molar-refractivity contribution in [2.75, 3.05) is 29.9 Å². The summed E-state index contributed by atoms with van der Waals surface area (Å²) in [5.41, 5.74) is 0. The number of nitrogens with zero attached hydrogens (tertiary/aromatic N) is 5. The molecular weight excluding hydrogens is 252 g/mol. The van der Waals surface area contributed by atoms with Crippen molar-refractivity contribution in [1.82, 2.24) is 9.97 Å². The molecule has 0 saturated heterocycles. The molecule has 1 fully saturated rings. The third kappa shape index (κ3) is 3.58. The van der Waals surface area contributed by atoms with E-state index < -0.39 is 0 Å². The summed E-state index contributed by atoms with van der Waals surface area (Å²) in [5.74, 6) is 2.69. The molecule has 1 aliphatic rings. The van der Waals surface area contributed by atoms with E-state index in [-0.39, 0.29) is 13.1 Å². The lowest BCUT2D eigenvalue weighted by Gasteiger charge is -2.18. The minimum atomic E-state index is 0.155. The Morgan fingerprint density at radius 3 is 2.55 bits per heavy atom. The van der Waals surface area contributed by atoms with Gasteiger partial charge < -0.3 is 10.2 Å². The first-order chi connectivity index (χ1) is 9.78. The minimum Gasteiger partial charge on any atom is -0.370 e. The van der Waals surface area contributed by atoms with E-state index in [4.69, 9.17) is 10.5 Å². The monoisotopic (exact) mass is 270 g/mol. The molecule has 0 bridgehead atoms. The van der Waals surface area contributed by atoms with Crippen molar-refractivity contribution >= 4 is 11.6 Å². The fourth-order valence-corrected chi connectivity index (χ4v) is 1.87. The molecule has 0 aromatic carbocycles. The van der Waals surface area contributed by atoms with E-state index in [9.17, 15) is 0 Å². The van der Waals surface area contributed by atoms with Gasteiger partial charge in [-0.1, -0.05) is 6.92 Å². The Morgan fingerprint density at radius 2 is 2.00 bits per heavy atom. The molecule has 0 amide bonds. The van der Waals surface area contributed by atoms with Crippen LogP contribution in [0.3, 0.4) is 0 Å². The van der Waals surface area contributed by atoms with Gasteiger partial charge in [0, 0.05) is 18.5 Å². The molecule has 0 radical (unpaired) electrons. The Hall–Kier alpha value is -2.34. The summed E-state index contributed by atoms with van der Waals surface area (Å²) in [6, 6.07) is 5.96. The van der Waals surface area contributed by atoms with Gasteiger partial charge in [0.05, 0.1) is 12.1 Å². The number of aromatic nitrogens is 2. The van der Waals surface area contributed by atoms with E-state index in [1.165, 1.54) is 0 Å². The van der Waals surface area contributed by atoms with E-state index in [2.05, 4.69) is 34.3 Å². The largest absolute Gasteiger partial charge is 0.370 e. The van der Waals surface area contributed by atoms with Crippen LogP contribution in [0.5, 0.6) is 0 Å². The lowest BCUT2D eigenvalue weighted by atomic mass is 10.3. The quantitative estimate of drug-likeness (QED) is 0.762. The topological polar surface area (TPSA) is 88.6 Å². The summed E-state index contributed by atoms with van der Waals surface area (Å²) >= 11 is 0. The number of anilines is 2. The third-order valence-electron chi connectivity index (χ3n) is 3.08. The molecule has 1 heterocycles. The van der Waals surface area contributed by atoms with Crippen molar-refractivity contribution in [2.45, 2.75) is 32.1 Å². The predicted octanol–water partition coefficient (Wildman–Crippen LogP) is 2.03. The van der Waals surface area contributed by atoms with Crippen LogP contribution in [0.1, 0.15) is 37.9 Å². The van der Waals surface area contributed by atoms with Crippen LogP contribution in [0.25, 0.3) is 0 Å². The first-order valence-electron chi connectivity index (χ1n) is 6.90. The molecule has 1 aromatic rings. The maximum atomic E-state index is 8.87. The summed E-state index contributed by atoms with van der Waals surface area (Å²) in [6.45, 7) is 3.25. The number of hydrogen-bond donors (Lipinski definition) is 1. The summed E-state index contributed by atoms with van der Waals surface area (Å²) in [7, 11) is 0. The molecule has 0 atom stereocenters. The van der Waals surface area contributed by atoms with Crippen molar-refractivity contribution in [2.24, 2.45) is 0 Å². The SMILES string of the molecule is CCCNc1cc(N(CC#N)CC#N)nc(C2CC2)n1. The van der Waals surface area contributed by atoms with Gasteiger partial charge in [-0.05, 0) is 19.3 Å². The van der Waals surface area contributed by atoms with Crippen LogP contribution in [0.15, 0.2) is 6.07 Å². The molecule has 1 aliphatic carbocycles. The highest BCUT2D eigenvalue weighted by Crippen LogP contribution is 2.39. The van der Waals surface area contributed by atoms with Gasteiger partial charge in [-0.15, -0.1) is 0 Å². The van der Waals surface area contributed by atoms with Gasteiger partial charge in [0.1, 0.15) is 30.5 Å². The molecule has 1 N–H and O–H groups in total. The van der Waals surface area contributed by atoms with Gasteiger partial charge in [0.25, 0.3) is 0 Å². The lowest BCUT2D eigenvalue weighted by Crippen LogP contribution is -2.25. The molecule has 104 valence electrons. The van der Waals surface area contributed by atoms with Gasteiger partial charge >= 0.3 is 0 Å². The summed E-state index contributed by atoms with van der Waals surface area (Å²) in [4.78, 5) is 10.7. The van der Waals surface area contributed by atoms with Crippen LogP contribution in [-0.2, 0) is 0 Å². The van der Waals surface area contributed by atoms with Crippen molar-refractivity contribution in [3.05, 3.63) is 11.9 Å². The highest BCUT2D eigenvalue weighted by Gasteiger charge is 2.28. The fourth-order valence-electron chi connectivity index (χ4n) is 1.87. The van der Waals surface area contributed by atoms with Gasteiger partial charge in [0.15, 0.2) is 0 Å². The summed E-state index contributed by atoms with van der Waals surface area (Å²) in [6.07, 6.45) is 3.25. The summed E-state index contributed by atoms with van der Waals surface area (Å²) in [5, 5.41) is 21.0. The van der Waals surface area contributed by atoms with Gasteiger partial charge in [-0.3, -0.25) is 0 Å². The van der Waals surface area contributed by atoms with E-state index >= 15 is 0 Å². The van der Waals surface area contributed by atoms with Crippen LogP contribution in [0.4, 0.5) is 11.6 Å². The molecular formula is C14H18N6. The predicted molar refractivity (Wildman–Crippen MR) is 76.2 cm³/mol. The molecule has 0 spiro atoms. The number of nitriles is 2. The molecule has 1 saturated carbocycles. The highest BCUT2D eigenvalue weighted by atomic mass is 15.2. The molecule has 6 heteroatoms. The zero-order chi connectivity index (χ0) is 14.4. The van der Waals surface area contributed by atoms with Gasteiger partial charge in [0.2, 0.25) is 0 Å². The Bertz CT molecular complexity index is 522. The maximum absolute atomic E-state index is 8.87. The molecule has 0 aliphatic heterocycles. The van der Waals surface area contributed by atoms with E-state index in [0.29, 0.717) is 11.7 Å². The number of nitrogens with one attached hydrogen (secondary N) is 1. The first kappa shape index (κ1) is 14.1. The van der Waals surface area contributed by atoms with Crippen molar-refractivity contribution < 1.29 is 0 Å². The van der Waals surface area contributed by atoms with E-state index in [1.807, 2.05) is 6.07 Å². The van der Waals surface area contributed by atoms with E-state index in [1.54, 1.807) is 4.90 Å². The zero-order valence-electron chi connectivity index (χ0n) is 11.6. The van der Waals surface area contributed by atoms with Crippen molar-refractivity contribution in [3.63, 3.8) is 0 Å². The Balaban J connectivity index is 2.27.